The van der Waals surface area contributed by atoms with Crippen LogP contribution in [0.15, 0.2) is 47.8 Å². The minimum absolute atomic E-state index is 0.309. The van der Waals surface area contributed by atoms with Gasteiger partial charge in [-0.1, -0.05) is 36.4 Å². The van der Waals surface area contributed by atoms with Crippen LogP contribution in [0.3, 0.4) is 0 Å². The van der Waals surface area contributed by atoms with Crippen LogP contribution in [-0.2, 0) is 6.54 Å². The molecule has 0 aliphatic carbocycles. The summed E-state index contributed by atoms with van der Waals surface area (Å²) in [4.78, 5) is 13.4. The maximum absolute atomic E-state index is 11.2. The first-order valence-corrected chi connectivity index (χ1v) is 7.28. The van der Waals surface area contributed by atoms with Gasteiger partial charge in [0.05, 0.1) is 6.10 Å². The van der Waals surface area contributed by atoms with Gasteiger partial charge in [-0.25, -0.2) is 4.79 Å². The average molecular weight is 291 g/mol. The van der Waals surface area contributed by atoms with E-state index in [2.05, 4.69) is 0 Å². The zero-order valence-corrected chi connectivity index (χ0v) is 11.8. The molecule has 106 valence electrons. The smallest absolute Gasteiger partial charge is 0.407 e. The Bertz CT molecular complexity index is 527. The van der Waals surface area contributed by atoms with E-state index in [1.807, 2.05) is 47.8 Å². The minimum atomic E-state index is -0.966. The van der Waals surface area contributed by atoms with E-state index in [1.54, 1.807) is 0 Å². The van der Waals surface area contributed by atoms with Crippen molar-refractivity contribution < 1.29 is 15.0 Å². The molecule has 0 bridgehead atoms. The summed E-state index contributed by atoms with van der Waals surface area (Å²) in [7, 11) is 0. The topological polar surface area (TPSA) is 60.8 Å². The van der Waals surface area contributed by atoms with Crippen LogP contribution >= 0.6 is 11.3 Å². The predicted molar refractivity (Wildman–Crippen MR) is 78.8 cm³/mol. The predicted octanol–water partition coefficient (Wildman–Crippen LogP) is 3.35. The van der Waals surface area contributed by atoms with Crippen molar-refractivity contribution >= 4 is 17.4 Å². The monoisotopic (exact) mass is 291 g/mol. The molecule has 20 heavy (non-hydrogen) atoms. The van der Waals surface area contributed by atoms with Gasteiger partial charge in [0.25, 0.3) is 0 Å². The van der Waals surface area contributed by atoms with Crippen LogP contribution in [-0.4, -0.2) is 27.8 Å². The number of benzene rings is 1. The molecule has 0 aliphatic rings. The lowest BCUT2D eigenvalue weighted by Crippen LogP contribution is -2.30. The first kappa shape index (κ1) is 14.6. The fourth-order valence-corrected chi connectivity index (χ4v) is 2.69. The SMILES string of the molecule is O=C(O)N(CCC(O)c1cccs1)Cc1ccccc1. The van der Waals surface area contributed by atoms with Crippen LogP contribution in [0.4, 0.5) is 4.79 Å². The second kappa shape index (κ2) is 7.07. The number of carbonyl (C=O) groups is 1. The highest BCUT2D eigenvalue weighted by Gasteiger charge is 2.15. The fourth-order valence-electron chi connectivity index (χ4n) is 1.95. The van der Waals surface area contributed by atoms with E-state index in [0.717, 1.165) is 10.4 Å². The molecule has 1 amide bonds. The zero-order chi connectivity index (χ0) is 14.4. The molecule has 2 aromatic rings. The van der Waals surface area contributed by atoms with Crippen LogP contribution in [0.2, 0.25) is 0 Å². The molecule has 0 saturated heterocycles. The molecular weight excluding hydrogens is 274 g/mol. The van der Waals surface area contributed by atoms with Crippen LogP contribution < -0.4 is 0 Å². The third kappa shape index (κ3) is 4.08. The number of nitrogens with zero attached hydrogens (tertiary/aromatic N) is 1. The van der Waals surface area contributed by atoms with Gasteiger partial charge >= 0.3 is 6.09 Å². The van der Waals surface area contributed by atoms with Gasteiger partial charge in [0.1, 0.15) is 0 Å². The molecule has 1 heterocycles. The largest absolute Gasteiger partial charge is 0.465 e. The number of rotatable bonds is 6. The highest BCUT2D eigenvalue weighted by Crippen LogP contribution is 2.22. The Morgan fingerprint density at radius 1 is 1.20 bits per heavy atom. The molecule has 2 N–H and O–H groups in total. The van der Waals surface area contributed by atoms with E-state index in [0.29, 0.717) is 19.5 Å². The maximum atomic E-state index is 11.2. The lowest BCUT2D eigenvalue weighted by molar-refractivity contribution is 0.120. The maximum Gasteiger partial charge on any atom is 0.407 e. The molecule has 0 saturated carbocycles. The summed E-state index contributed by atoms with van der Waals surface area (Å²) in [5.41, 5.74) is 0.945. The fraction of sp³-hybridized carbons (Fsp3) is 0.267. The normalized spacial score (nSPS) is 12.1. The number of hydrogen-bond acceptors (Lipinski definition) is 3. The molecule has 1 aromatic carbocycles. The number of amides is 1. The summed E-state index contributed by atoms with van der Waals surface area (Å²) >= 11 is 1.48. The van der Waals surface area contributed by atoms with E-state index in [-0.39, 0.29) is 0 Å². The first-order chi connectivity index (χ1) is 9.66. The van der Waals surface area contributed by atoms with E-state index in [4.69, 9.17) is 0 Å². The van der Waals surface area contributed by atoms with Crippen molar-refractivity contribution in [3.8, 4) is 0 Å². The van der Waals surface area contributed by atoms with E-state index in [9.17, 15) is 15.0 Å². The molecule has 0 aliphatic heterocycles. The summed E-state index contributed by atoms with van der Waals surface area (Å²) in [5, 5.41) is 21.1. The quantitative estimate of drug-likeness (QED) is 0.858. The summed E-state index contributed by atoms with van der Waals surface area (Å²) in [6.45, 7) is 0.649. The number of thiophene rings is 1. The Balaban J connectivity index is 1.91. The Morgan fingerprint density at radius 2 is 1.95 bits per heavy atom. The molecular formula is C15H17NO3S. The highest BCUT2D eigenvalue weighted by molar-refractivity contribution is 7.10. The van der Waals surface area contributed by atoms with Crippen molar-refractivity contribution in [1.29, 1.82) is 0 Å². The number of hydrogen-bond donors (Lipinski definition) is 2. The van der Waals surface area contributed by atoms with Crippen molar-refractivity contribution in [1.82, 2.24) is 4.90 Å². The van der Waals surface area contributed by atoms with Gasteiger partial charge in [-0.2, -0.15) is 0 Å². The standard InChI is InChI=1S/C15H17NO3S/c17-13(14-7-4-10-20-14)8-9-16(15(18)19)11-12-5-2-1-3-6-12/h1-7,10,13,17H,8-9,11H2,(H,18,19). The lowest BCUT2D eigenvalue weighted by Gasteiger charge is -2.20. The molecule has 1 atom stereocenters. The summed E-state index contributed by atoms with van der Waals surface area (Å²) in [6, 6.07) is 13.2. The van der Waals surface area contributed by atoms with Crippen molar-refractivity contribution in [2.45, 2.75) is 19.1 Å². The van der Waals surface area contributed by atoms with Crippen LogP contribution in [0.5, 0.6) is 0 Å². The summed E-state index contributed by atoms with van der Waals surface area (Å²) < 4.78 is 0. The Kier molecular flexibility index (Phi) is 5.15. The van der Waals surface area contributed by atoms with E-state index >= 15 is 0 Å². The Hall–Kier alpha value is -1.85. The molecule has 2 rings (SSSR count). The molecule has 1 unspecified atom stereocenters. The molecule has 4 nitrogen and oxygen atoms in total. The van der Waals surface area contributed by atoms with E-state index in [1.165, 1.54) is 16.2 Å². The number of aliphatic hydroxyl groups excluding tert-OH is 1. The zero-order valence-electron chi connectivity index (χ0n) is 11.0. The van der Waals surface area contributed by atoms with Crippen molar-refractivity contribution in [3.63, 3.8) is 0 Å². The Morgan fingerprint density at radius 3 is 2.55 bits per heavy atom. The van der Waals surface area contributed by atoms with Gasteiger partial charge in [0.2, 0.25) is 0 Å². The van der Waals surface area contributed by atoms with Gasteiger partial charge in [-0.05, 0) is 23.4 Å². The second-order valence-corrected chi connectivity index (χ2v) is 5.49. The first-order valence-electron chi connectivity index (χ1n) is 6.40. The van der Waals surface area contributed by atoms with Crippen molar-refractivity contribution in [2.75, 3.05) is 6.54 Å². The molecule has 0 fully saturated rings. The van der Waals surface area contributed by atoms with Crippen LogP contribution in [0.25, 0.3) is 0 Å². The van der Waals surface area contributed by atoms with Crippen molar-refractivity contribution in [2.24, 2.45) is 0 Å². The Labute approximate surface area is 121 Å². The highest BCUT2D eigenvalue weighted by atomic mass is 32.1. The summed E-state index contributed by atoms with van der Waals surface area (Å²) in [6.07, 6.45) is -1.17. The third-order valence-electron chi connectivity index (χ3n) is 3.03. The van der Waals surface area contributed by atoms with Gasteiger partial charge in [-0.3, -0.25) is 0 Å². The van der Waals surface area contributed by atoms with Gasteiger partial charge < -0.3 is 15.1 Å². The molecule has 0 spiro atoms. The van der Waals surface area contributed by atoms with Gasteiger partial charge in [0, 0.05) is 18.0 Å². The number of carboxylic acid groups (broad SMARTS) is 1. The third-order valence-corrected chi connectivity index (χ3v) is 4.00. The van der Waals surface area contributed by atoms with Crippen LogP contribution in [0.1, 0.15) is 23.0 Å². The van der Waals surface area contributed by atoms with Crippen molar-refractivity contribution in [3.05, 3.63) is 58.3 Å². The van der Waals surface area contributed by atoms with E-state index < -0.39 is 12.2 Å². The van der Waals surface area contributed by atoms with Gasteiger partial charge in [-0.15, -0.1) is 11.3 Å². The molecule has 5 heteroatoms. The number of aliphatic hydroxyl groups is 1. The molecule has 1 aromatic heterocycles. The van der Waals surface area contributed by atoms with Crippen LogP contribution in [0, 0.1) is 0 Å². The lowest BCUT2D eigenvalue weighted by atomic mass is 10.2. The molecule has 0 radical (unpaired) electrons. The average Bonchev–Trinajstić information content (AvgIpc) is 2.98. The second-order valence-electron chi connectivity index (χ2n) is 4.51. The van der Waals surface area contributed by atoms with Gasteiger partial charge in [0.15, 0.2) is 0 Å². The minimum Gasteiger partial charge on any atom is -0.465 e. The summed E-state index contributed by atoms with van der Waals surface area (Å²) in [5.74, 6) is 0.